The third kappa shape index (κ3) is 1.79. The fourth-order valence-electron chi connectivity index (χ4n) is 2.13. The largest absolute Gasteiger partial charge is 0.317 e. The van der Waals surface area contributed by atoms with Crippen LogP contribution in [0.15, 0.2) is 0 Å². The minimum absolute atomic E-state index is 0.788. The Morgan fingerprint density at radius 3 is 2.58 bits per heavy atom. The van der Waals surface area contributed by atoms with E-state index < -0.39 is 0 Å². The zero-order chi connectivity index (χ0) is 8.39. The quantitative estimate of drug-likeness (QED) is 0.587. The molecule has 0 radical (unpaired) electrons. The van der Waals surface area contributed by atoms with Crippen molar-refractivity contribution in [1.29, 1.82) is 0 Å². The molecule has 0 aliphatic carbocycles. The first-order valence-corrected chi connectivity index (χ1v) is 5.07. The molecule has 2 aliphatic heterocycles. The summed E-state index contributed by atoms with van der Waals surface area (Å²) in [5.74, 6) is 0.833. The molecule has 0 bridgehead atoms. The van der Waals surface area contributed by atoms with Gasteiger partial charge < -0.3 is 5.32 Å². The average Bonchev–Trinajstić information content (AvgIpc) is 2.54. The monoisotopic (exact) mass is 169 g/mol. The van der Waals surface area contributed by atoms with Crippen molar-refractivity contribution < 1.29 is 0 Å². The average molecular weight is 169 g/mol. The molecule has 2 aliphatic rings. The van der Waals surface area contributed by atoms with Gasteiger partial charge in [0.05, 0.1) is 0 Å². The molecule has 2 N–H and O–H groups in total. The lowest BCUT2D eigenvalue weighted by Gasteiger charge is -2.31. The zero-order valence-electron chi connectivity index (χ0n) is 7.84. The number of piperidine rings is 1. The molecule has 12 heavy (non-hydrogen) atoms. The summed E-state index contributed by atoms with van der Waals surface area (Å²) in [7, 11) is 0. The third-order valence-corrected chi connectivity index (χ3v) is 2.90. The van der Waals surface area contributed by atoms with Crippen molar-refractivity contribution in [2.24, 2.45) is 5.92 Å². The highest BCUT2D eigenvalue weighted by Gasteiger charge is 2.26. The minimum Gasteiger partial charge on any atom is -0.317 e. The van der Waals surface area contributed by atoms with Gasteiger partial charge in [0, 0.05) is 19.1 Å². The molecule has 70 valence electrons. The Balaban J connectivity index is 1.83. The van der Waals surface area contributed by atoms with Gasteiger partial charge in [0.2, 0.25) is 0 Å². The second kappa shape index (κ2) is 3.73. The lowest BCUT2D eigenvalue weighted by atomic mass is 10.1. The van der Waals surface area contributed by atoms with Crippen LogP contribution >= 0.6 is 0 Å². The zero-order valence-corrected chi connectivity index (χ0v) is 7.84. The number of nitrogens with one attached hydrogen (secondary N) is 2. The smallest absolute Gasteiger partial charge is 0.0267 e. The molecule has 2 saturated heterocycles. The molecule has 0 aromatic rings. The van der Waals surface area contributed by atoms with Gasteiger partial charge in [-0.1, -0.05) is 6.92 Å². The predicted octanol–water partition coefficient (Wildman–Crippen LogP) is 0.195. The van der Waals surface area contributed by atoms with Crippen molar-refractivity contribution in [3.63, 3.8) is 0 Å². The van der Waals surface area contributed by atoms with E-state index in [0.717, 1.165) is 12.0 Å². The van der Waals surface area contributed by atoms with Crippen LogP contribution in [0.4, 0.5) is 0 Å². The van der Waals surface area contributed by atoms with Crippen molar-refractivity contribution in [3.8, 4) is 0 Å². The summed E-state index contributed by atoms with van der Waals surface area (Å²) in [5.41, 5.74) is 3.48. The van der Waals surface area contributed by atoms with Gasteiger partial charge in [-0.25, -0.2) is 5.01 Å². The fraction of sp³-hybridized carbons (Fsp3) is 1.00. The molecule has 1 atom stereocenters. The van der Waals surface area contributed by atoms with Crippen LogP contribution in [0.1, 0.15) is 19.8 Å². The molecule has 3 heteroatoms. The topological polar surface area (TPSA) is 27.3 Å². The molecule has 3 nitrogen and oxygen atoms in total. The lowest BCUT2D eigenvalue weighted by Crippen LogP contribution is -2.46. The number of rotatable bonds is 1. The highest BCUT2D eigenvalue weighted by atomic mass is 15.5. The molecule has 0 saturated carbocycles. The summed E-state index contributed by atoms with van der Waals surface area (Å²) in [5, 5.41) is 5.84. The first kappa shape index (κ1) is 8.48. The van der Waals surface area contributed by atoms with E-state index in [1.165, 1.54) is 39.0 Å². The molecule has 0 spiro atoms. The second-order valence-corrected chi connectivity index (χ2v) is 4.10. The van der Waals surface area contributed by atoms with Gasteiger partial charge in [0.25, 0.3) is 0 Å². The number of hydrogen-bond acceptors (Lipinski definition) is 3. The third-order valence-electron chi connectivity index (χ3n) is 2.90. The first-order valence-electron chi connectivity index (χ1n) is 5.07. The van der Waals surface area contributed by atoms with E-state index in [1.54, 1.807) is 0 Å². The maximum Gasteiger partial charge on any atom is 0.0267 e. The highest BCUT2D eigenvalue weighted by Crippen LogP contribution is 2.15. The van der Waals surface area contributed by atoms with Gasteiger partial charge >= 0.3 is 0 Å². The van der Waals surface area contributed by atoms with E-state index >= 15 is 0 Å². The van der Waals surface area contributed by atoms with Crippen molar-refractivity contribution in [2.75, 3.05) is 26.2 Å². The van der Waals surface area contributed by atoms with Crippen molar-refractivity contribution >= 4 is 0 Å². The van der Waals surface area contributed by atoms with E-state index in [-0.39, 0.29) is 0 Å². The van der Waals surface area contributed by atoms with Crippen LogP contribution in [0.3, 0.4) is 0 Å². The summed E-state index contributed by atoms with van der Waals surface area (Å²) in [6.45, 7) is 7.11. The molecule has 0 aromatic heterocycles. The molecule has 1 unspecified atom stereocenters. The van der Waals surface area contributed by atoms with Crippen LogP contribution in [-0.2, 0) is 0 Å². The maximum absolute atomic E-state index is 3.48. The molecule has 0 amide bonds. The van der Waals surface area contributed by atoms with E-state index in [0.29, 0.717) is 0 Å². The standard InChI is InChI=1S/C9H19N3/c1-8-6-11-12(7-8)9-2-4-10-5-3-9/h8-11H,2-7H2,1H3. The summed E-state index contributed by atoms with van der Waals surface area (Å²) in [6.07, 6.45) is 2.61. The summed E-state index contributed by atoms with van der Waals surface area (Å²) >= 11 is 0. The highest BCUT2D eigenvalue weighted by molar-refractivity contribution is 4.80. The van der Waals surface area contributed by atoms with Crippen LogP contribution in [0.5, 0.6) is 0 Å². The van der Waals surface area contributed by atoms with Gasteiger partial charge in [-0.3, -0.25) is 5.43 Å². The number of nitrogens with zero attached hydrogens (tertiary/aromatic N) is 1. The van der Waals surface area contributed by atoms with Crippen molar-refractivity contribution in [1.82, 2.24) is 15.8 Å². The Hall–Kier alpha value is -0.120. The molecule has 0 aromatic carbocycles. The second-order valence-electron chi connectivity index (χ2n) is 4.10. The van der Waals surface area contributed by atoms with Crippen LogP contribution in [-0.4, -0.2) is 37.2 Å². The van der Waals surface area contributed by atoms with Gasteiger partial charge in [-0.15, -0.1) is 0 Å². The fourth-order valence-corrected chi connectivity index (χ4v) is 2.13. The van der Waals surface area contributed by atoms with Gasteiger partial charge in [-0.05, 0) is 31.8 Å². The van der Waals surface area contributed by atoms with Gasteiger partial charge in [-0.2, -0.15) is 0 Å². The van der Waals surface area contributed by atoms with Crippen LogP contribution in [0.2, 0.25) is 0 Å². The number of hydrogen-bond donors (Lipinski definition) is 2. The summed E-state index contributed by atoms with van der Waals surface area (Å²) in [6, 6.07) is 0.788. The Morgan fingerprint density at radius 1 is 1.25 bits per heavy atom. The van der Waals surface area contributed by atoms with E-state index in [9.17, 15) is 0 Å². The van der Waals surface area contributed by atoms with Crippen LogP contribution in [0.25, 0.3) is 0 Å². The minimum atomic E-state index is 0.788. The molecule has 2 heterocycles. The molecular formula is C9H19N3. The predicted molar refractivity (Wildman–Crippen MR) is 49.8 cm³/mol. The van der Waals surface area contributed by atoms with Crippen molar-refractivity contribution in [3.05, 3.63) is 0 Å². The molecule has 2 fully saturated rings. The van der Waals surface area contributed by atoms with Crippen molar-refractivity contribution in [2.45, 2.75) is 25.8 Å². The SMILES string of the molecule is CC1CNN(C2CCNCC2)C1. The van der Waals surface area contributed by atoms with E-state index in [1.807, 2.05) is 0 Å². The Morgan fingerprint density at radius 2 is 2.00 bits per heavy atom. The molecular weight excluding hydrogens is 150 g/mol. The Labute approximate surface area is 74.5 Å². The first-order chi connectivity index (χ1) is 5.86. The van der Waals surface area contributed by atoms with Gasteiger partial charge in [0.15, 0.2) is 0 Å². The summed E-state index contributed by atoms with van der Waals surface area (Å²) in [4.78, 5) is 0. The van der Waals surface area contributed by atoms with Crippen LogP contribution < -0.4 is 10.7 Å². The van der Waals surface area contributed by atoms with Gasteiger partial charge in [0.1, 0.15) is 0 Å². The lowest BCUT2D eigenvalue weighted by molar-refractivity contribution is 0.140. The van der Waals surface area contributed by atoms with E-state index in [4.69, 9.17) is 0 Å². The van der Waals surface area contributed by atoms with Crippen LogP contribution in [0, 0.1) is 5.92 Å². The maximum atomic E-state index is 3.48. The van der Waals surface area contributed by atoms with E-state index in [2.05, 4.69) is 22.7 Å². The summed E-state index contributed by atoms with van der Waals surface area (Å²) < 4.78 is 0. The molecule has 2 rings (SSSR count). The Kier molecular flexibility index (Phi) is 2.63. The number of hydrazine groups is 1. The normalized spacial score (nSPS) is 34.2. The Bertz CT molecular complexity index is 140.